The van der Waals surface area contributed by atoms with E-state index in [0.717, 1.165) is 44.0 Å². The molecule has 24 heavy (non-hydrogen) atoms. The smallest absolute Gasteiger partial charge is 0.251 e. The molecular weight excluding hydrogens is 302 g/mol. The molecule has 0 aromatic heterocycles. The van der Waals surface area contributed by atoms with E-state index in [9.17, 15) is 9.90 Å². The number of nitrogens with zero attached hydrogens (tertiary/aromatic N) is 1. The number of carbonyl (C=O) groups excluding carboxylic acids is 1. The third-order valence-corrected chi connectivity index (χ3v) is 5.41. The van der Waals surface area contributed by atoms with E-state index < -0.39 is 0 Å². The Balaban J connectivity index is 1.58. The van der Waals surface area contributed by atoms with Gasteiger partial charge < -0.3 is 15.7 Å². The first kappa shape index (κ1) is 17.4. The highest BCUT2D eigenvalue weighted by atomic mass is 16.3. The van der Waals surface area contributed by atoms with Crippen molar-refractivity contribution in [1.29, 1.82) is 0 Å². The zero-order valence-electron chi connectivity index (χ0n) is 14.5. The maximum Gasteiger partial charge on any atom is 0.251 e. The minimum Gasteiger partial charge on any atom is -0.395 e. The number of aliphatic hydroxyl groups is 1. The normalized spacial score (nSPS) is 25.8. The van der Waals surface area contributed by atoms with Gasteiger partial charge in [-0.2, -0.15) is 0 Å². The van der Waals surface area contributed by atoms with Gasteiger partial charge in [0.2, 0.25) is 0 Å². The Kier molecular flexibility index (Phi) is 5.87. The van der Waals surface area contributed by atoms with Crippen LogP contribution in [0.4, 0.5) is 0 Å². The number of carbonyl (C=O) groups is 1. The predicted molar refractivity (Wildman–Crippen MR) is 95.1 cm³/mol. The van der Waals surface area contributed by atoms with Crippen molar-refractivity contribution in [2.45, 2.75) is 37.8 Å². The molecule has 2 fully saturated rings. The summed E-state index contributed by atoms with van der Waals surface area (Å²) in [5.41, 5.74) is 2.00. The van der Waals surface area contributed by atoms with Gasteiger partial charge in [-0.05, 0) is 69.4 Å². The van der Waals surface area contributed by atoms with Crippen LogP contribution in [0.15, 0.2) is 24.3 Å². The highest BCUT2D eigenvalue weighted by molar-refractivity contribution is 5.94. The summed E-state index contributed by atoms with van der Waals surface area (Å²) in [6.07, 6.45) is 4.30. The van der Waals surface area contributed by atoms with Gasteiger partial charge in [0.05, 0.1) is 6.61 Å². The zero-order chi connectivity index (χ0) is 16.9. The number of nitrogens with one attached hydrogen (secondary N) is 2. The van der Waals surface area contributed by atoms with Crippen LogP contribution in [0.3, 0.4) is 0 Å². The number of aliphatic hydroxyl groups excluding tert-OH is 1. The molecule has 2 atom stereocenters. The van der Waals surface area contributed by atoms with E-state index in [2.05, 4.69) is 21.6 Å². The number of likely N-dealkylation sites (N-methyl/N-ethyl adjacent to an activating group) is 1. The second kappa shape index (κ2) is 8.10. The molecule has 0 spiro atoms. The van der Waals surface area contributed by atoms with Crippen molar-refractivity contribution in [3.05, 3.63) is 35.4 Å². The molecule has 5 nitrogen and oxygen atoms in total. The Bertz CT molecular complexity index is 557. The van der Waals surface area contributed by atoms with Gasteiger partial charge in [-0.3, -0.25) is 9.69 Å². The van der Waals surface area contributed by atoms with Crippen LogP contribution in [-0.4, -0.2) is 61.3 Å². The molecule has 1 aromatic carbocycles. The van der Waals surface area contributed by atoms with Gasteiger partial charge in [0.15, 0.2) is 0 Å². The number of amides is 1. The van der Waals surface area contributed by atoms with Crippen molar-refractivity contribution < 1.29 is 9.90 Å². The molecule has 0 radical (unpaired) electrons. The Morgan fingerprint density at radius 1 is 1.38 bits per heavy atom. The number of rotatable bonds is 5. The Labute approximate surface area is 144 Å². The van der Waals surface area contributed by atoms with Crippen LogP contribution in [0, 0.1) is 5.92 Å². The molecule has 2 saturated heterocycles. The maximum atomic E-state index is 12.5. The fraction of sp³-hybridized carbons (Fsp3) is 0.632. The first-order valence-electron chi connectivity index (χ1n) is 9.07. The van der Waals surface area contributed by atoms with Gasteiger partial charge in [-0.1, -0.05) is 12.1 Å². The summed E-state index contributed by atoms with van der Waals surface area (Å²) >= 11 is 0. The molecule has 0 saturated carbocycles. The average Bonchev–Trinajstić information content (AvgIpc) is 2.95. The van der Waals surface area contributed by atoms with Crippen molar-refractivity contribution in [2.75, 3.05) is 33.3 Å². The van der Waals surface area contributed by atoms with Crippen molar-refractivity contribution in [2.24, 2.45) is 5.92 Å². The van der Waals surface area contributed by atoms with Crippen LogP contribution >= 0.6 is 0 Å². The van der Waals surface area contributed by atoms with E-state index in [-0.39, 0.29) is 24.6 Å². The lowest BCUT2D eigenvalue weighted by molar-refractivity contribution is 0.0938. The number of benzene rings is 1. The minimum absolute atomic E-state index is 0.000786. The van der Waals surface area contributed by atoms with Crippen LogP contribution in [0.25, 0.3) is 0 Å². The molecule has 1 amide bonds. The third kappa shape index (κ3) is 4.35. The SMILES string of the molecule is CN1C[C@H](NC(=O)c2cccc(CC3CCNCC3)c2)C[C@H]1CO. The lowest BCUT2D eigenvalue weighted by Gasteiger charge is -2.22. The van der Waals surface area contributed by atoms with Gasteiger partial charge >= 0.3 is 0 Å². The molecule has 132 valence electrons. The monoisotopic (exact) mass is 331 g/mol. The van der Waals surface area contributed by atoms with Crippen molar-refractivity contribution in [3.8, 4) is 0 Å². The van der Waals surface area contributed by atoms with Gasteiger partial charge in [0.25, 0.3) is 5.91 Å². The van der Waals surface area contributed by atoms with Crippen LogP contribution < -0.4 is 10.6 Å². The summed E-state index contributed by atoms with van der Waals surface area (Å²) in [5.74, 6) is 0.720. The molecule has 0 unspecified atom stereocenters. The fourth-order valence-electron chi connectivity index (χ4n) is 3.93. The lowest BCUT2D eigenvalue weighted by atomic mass is 9.90. The highest BCUT2D eigenvalue weighted by Crippen LogP contribution is 2.19. The van der Waals surface area contributed by atoms with E-state index in [1.807, 2.05) is 25.2 Å². The molecular formula is C19H29N3O2. The number of piperidine rings is 1. The standard InChI is InChI=1S/C19H29N3O2/c1-22-12-17(11-18(22)13-23)21-19(24)16-4-2-3-15(10-16)9-14-5-7-20-8-6-14/h2-4,10,14,17-18,20,23H,5-9,11-13H2,1H3,(H,21,24)/t17-,18+/m1/s1. The molecule has 1 aromatic rings. The summed E-state index contributed by atoms with van der Waals surface area (Å²) in [5, 5.41) is 15.9. The zero-order valence-corrected chi connectivity index (χ0v) is 14.5. The minimum atomic E-state index is -0.000786. The van der Waals surface area contributed by atoms with E-state index in [0.29, 0.717) is 0 Å². The lowest BCUT2D eigenvalue weighted by Crippen LogP contribution is -2.36. The number of hydrogen-bond acceptors (Lipinski definition) is 4. The van der Waals surface area contributed by atoms with Gasteiger partial charge in [0, 0.05) is 24.2 Å². The predicted octanol–water partition coefficient (Wildman–Crippen LogP) is 1.02. The molecule has 5 heteroatoms. The Morgan fingerprint density at radius 2 is 2.17 bits per heavy atom. The quantitative estimate of drug-likeness (QED) is 0.754. The average molecular weight is 331 g/mol. The highest BCUT2D eigenvalue weighted by Gasteiger charge is 2.30. The maximum absolute atomic E-state index is 12.5. The molecule has 0 aliphatic carbocycles. The van der Waals surface area contributed by atoms with Gasteiger partial charge in [0.1, 0.15) is 0 Å². The number of hydrogen-bond donors (Lipinski definition) is 3. The van der Waals surface area contributed by atoms with E-state index >= 15 is 0 Å². The second-order valence-electron chi connectivity index (χ2n) is 7.28. The number of likely N-dealkylation sites (tertiary alicyclic amines) is 1. The van der Waals surface area contributed by atoms with Crippen molar-refractivity contribution in [3.63, 3.8) is 0 Å². The van der Waals surface area contributed by atoms with Crippen molar-refractivity contribution >= 4 is 5.91 Å². The van der Waals surface area contributed by atoms with Crippen LogP contribution in [0.5, 0.6) is 0 Å². The Morgan fingerprint density at radius 3 is 2.88 bits per heavy atom. The van der Waals surface area contributed by atoms with Crippen LogP contribution in [-0.2, 0) is 6.42 Å². The molecule has 0 bridgehead atoms. The summed E-state index contributed by atoms with van der Waals surface area (Å²) in [4.78, 5) is 14.7. The van der Waals surface area contributed by atoms with Gasteiger partial charge in [-0.15, -0.1) is 0 Å². The first-order chi connectivity index (χ1) is 11.7. The van der Waals surface area contributed by atoms with Crippen LogP contribution in [0.2, 0.25) is 0 Å². The topological polar surface area (TPSA) is 64.6 Å². The molecule has 2 aliphatic rings. The Hall–Kier alpha value is -1.43. The molecule has 3 rings (SSSR count). The second-order valence-corrected chi connectivity index (χ2v) is 7.28. The fourth-order valence-corrected chi connectivity index (χ4v) is 3.93. The molecule has 3 N–H and O–H groups in total. The molecule has 2 aliphatic heterocycles. The van der Waals surface area contributed by atoms with E-state index in [4.69, 9.17) is 0 Å². The molecule has 2 heterocycles. The van der Waals surface area contributed by atoms with Crippen molar-refractivity contribution in [1.82, 2.24) is 15.5 Å². The summed E-state index contributed by atoms with van der Waals surface area (Å²) in [7, 11) is 1.99. The third-order valence-electron chi connectivity index (χ3n) is 5.41. The first-order valence-corrected chi connectivity index (χ1v) is 9.07. The van der Waals surface area contributed by atoms with Crippen LogP contribution in [0.1, 0.15) is 35.2 Å². The van der Waals surface area contributed by atoms with E-state index in [1.165, 1.54) is 18.4 Å². The summed E-state index contributed by atoms with van der Waals surface area (Å²) < 4.78 is 0. The largest absolute Gasteiger partial charge is 0.395 e. The van der Waals surface area contributed by atoms with Gasteiger partial charge in [-0.25, -0.2) is 0 Å². The summed E-state index contributed by atoms with van der Waals surface area (Å²) in [6, 6.07) is 8.32. The summed E-state index contributed by atoms with van der Waals surface area (Å²) in [6.45, 7) is 3.15. The van der Waals surface area contributed by atoms with E-state index in [1.54, 1.807) is 0 Å².